The van der Waals surface area contributed by atoms with Gasteiger partial charge in [-0.15, -0.1) is 0 Å². The van der Waals surface area contributed by atoms with Gasteiger partial charge in [0.15, 0.2) is 0 Å². The number of fused-ring (bicyclic) bond motifs is 1. The molecule has 94 valence electrons. The number of aryl methyl sites for hydroxylation is 1. The number of likely N-dealkylation sites (N-methyl/N-ethyl adjacent to an activating group) is 1. The Morgan fingerprint density at radius 2 is 2.29 bits per heavy atom. The van der Waals surface area contributed by atoms with Crippen LogP contribution in [0.2, 0.25) is 0 Å². The lowest BCUT2D eigenvalue weighted by atomic mass is 10.1. The smallest absolute Gasteiger partial charge is 0.0593 e. The van der Waals surface area contributed by atoms with E-state index >= 15 is 0 Å². The number of nitrogen functional groups attached to an aromatic ring is 1. The van der Waals surface area contributed by atoms with Crippen molar-refractivity contribution >= 4 is 5.69 Å². The average molecular weight is 234 g/mol. The van der Waals surface area contributed by atoms with Crippen LogP contribution >= 0.6 is 0 Å². The number of hydrogen-bond donors (Lipinski definition) is 1. The Balaban J connectivity index is 2.01. The number of rotatable bonds is 5. The summed E-state index contributed by atoms with van der Waals surface area (Å²) in [6, 6.07) is 6.84. The van der Waals surface area contributed by atoms with E-state index in [4.69, 9.17) is 10.5 Å². The summed E-state index contributed by atoms with van der Waals surface area (Å²) in [6.45, 7) is 4.63. The number of nitrogens with two attached hydrogens (primary N) is 1. The molecule has 0 fully saturated rings. The second-order valence-corrected chi connectivity index (χ2v) is 4.69. The van der Waals surface area contributed by atoms with Gasteiger partial charge in [0.2, 0.25) is 0 Å². The van der Waals surface area contributed by atoms with Crippen LogP contribution in [0, 0.1) is 0 Å². The predicted molar refractivity (Wildman–Crippen MR) is 71.0 cm³/mol. The Bertz CT molecular complexity index is 378. The van der Waals surface area contributed by atoms with Crippen molar-refractivity contribution in [3.05, 3.63) is 29.3 Å². The van der Waals surface area contributed by atoms with Crippen molar-refractivity contribution in [2.45, 2.75) is 25.8 Å². The van der Waals surface area contributed by atoms with Crippen molar-refractivity contribution in [3.63, 3.8) is 0 Å². The molecular formula is C14H22N2O. The number of nitrogens with zero attached hydrogens (tertiary/aromatic N) is 1. The molecule has 3 nitrogen and oxygen atoms in total. The second kappa shape index (κ2) is 5.52. The molecule has 0 heterocycles. The Morgan fingerprint density at radius 1 is 1.47 bits per heavy atom. The first-order valence-corrected chi connectivity index (χ1v) is 6.38. The molecule has 1 aromatic carbocycles. The first-order chi connectivity index (χ1) is 8.22. The fraction of sp³-hybridized carbons (Fsp3) is 0.571. The van der Waals surface area contributed by atoms with Crippen molar-refractivity contribution in [3.8, 4) is 0 Å². The Kier molecular flexibility index (Phi) is 4.02. The van der Waals surface area contributed by atoms with E-state index in [9.17, 15) is 0 Å². The van der Waals surface area contributed by atoms with Gasteiger partial charge in [0.25, 0.3) is 0 Å². The van der Waals surface area contributed by atoms with Gasteiger partial charge in [-0.2, -0.15) is 0 Å². The molecule has 0 aromatic heterocycles. The molecule has 1 unspecified atom stereocenters. The van der Waals surface area contributed by atoms with Gasteiger partial charge in [-0.3, -0.25) is 4.90 Å². The molecule has 0 saturated heterocycles. The standard InChI is InChI=1S/C14H22N2O/c1-3-17-9-8-16(2)14-7-4-11-10-12(15)5-6-13(11)14/h5-6,10,14H,3-4,7-9,15H2,1-2H3. The average Bonchev–Trinajstić information content (AvgIpc) is 2.72. The summed E-state index contributed by atoms with van der Waals surface area (Å²) in [4.78, 5) is 2.39. The fourth-order valence-corrected chi connectivity index (χ4v) is 2.58. The van der Waals surface area contributed by atoms with Gasteiger partial charge in [0, 0.05) is 24.9 Å². The van der Waals surface area contributed by atoms with Crippen molar-refractivity contribution in [2.24, 2.45) is 0 Å². The van der Waals surface area contributed by atoms with Gasteiger partial charge in [0.05, 0.1) is 6.61 Å². The van der Waals surface area contributed by atoms with Crippen LogP contribution in [-0.2, 0) is 11.2 Å². The molecule has 0 spiro atoms. The maximum Gasteiger partial charge on any atom is 0.0593 e. The van der Waals surface area contributed by atoms with Crippen LogP contribution in [0.5, 0.6) is 0 Å². The van der Waals surface area contributed by atoms with Gasteiger partial charge >= 0.3 is 0 Å². The number of ether oxygens (including phenoxy) is 1. The lowest BCUT2D eigenvalue weighted by Gasteiger charge is -2.25. The zero-order chi connectivity index (χ0) is 12.3. The molecule has 3 heteroatoms. The van der Waals surface area contributed by atoms with Crippen LogP contribution in [0.25, 0.3) is 0 Å². The minimum Gasteiger partial charge on any atom is -0.399 e. The van der Waals surface area contributed by atoms with Gasteiger partial charge in [0.1, 0.15) is 0 Å². The molecule has 0 amide bonds. The van der Waals surface area contributed by atoms with Crippen molar-refractivity contribution in [1.82, 2.24) is 4.90 Å². The van der Waals surface area contributed by atoms with Crippen LogP contribution < -0.4 is 5.73 Å². The van der Waals surface area contributed by atoms with E-state index < -0.39 is 0 Å². The lowest BCUT2D eigenvalue weighted by molar-refractivity contribution is 0.107. The molecule has 0 bridgehead atoms. The summed E-state index contributed by atoms with van der Waals surface area (Å²) in [7, 11) is 2.18. The summed E-state index contributed by atoms with van der Waals surface area (Å²) in [6.07, 6.45) is 2.34. The highest BCUT2D eigenvalue weighted by Crippen LogP contribution is 2.35. The molecule has 1 atom stereocenters. The Hall–Kier alpha value is -1.06. The number of benzene rings is 1. The molecule has 2 N–H and O–H groups in total. The molecule has 0 aliphatic heterocycles. The SMILES string of the molecule is CCOCCN(C)C1CCc2cc(N)ccc21. The van der Waals surface area contributed by atoms with Crippen LogP contribution in [0.15, 0.2) is 18.2 Å². The molecule has 1 aliphatic rings. The molecular weight excluding hydrogens is 212 g/mol. The molecule has 0 saturated carbocycles. The van der Waals surface area contributed by atoms with Gasteiger partial charge in [-0.25, -0.2) is 0 Å². The summed E-state index contributed by atoms with van der Waals surface area (Å²) in [5.41, 5.74) is 9.55. The van der Waals surface area contributed by atoms with E-state index in [1.807, 2.05) is 13.0 Å². The lowest BCUT2D eigenvalue weighted by Crippen LogP contribution is -2.26. The Labute approximate surface area is 104 Å². The van der Waals surface area contributed by atoms with E-state index in [0.29, 0.717) is 6.04 Å². The summed E-state index contributed by atoms with van der Waals surface area (Å²) in [5, 5.41) is 0. The highest BCUT2D eigenvalue weighted by atomic mass is 16.5. The zero-order valence-corrected chi connectivity index (χ0v) is 10.8. The minimum atomic E-state index is 0.533. The third-order valence-electron chi connectivity index (χ3n) is 3.54. The third kappa shape index (κ3) is 2.79. The summed E-state index contributed by atoms with van der Waals surface area (Å²) < 4.78 is 5.41. The first kappa shape index (κ1) is 12.4. The van der Waals surface area contributed by atoms with E-state index in [0.717, 1.165) is 31.9 Å². The fourth-order valence-electron chi connectivity index (χ4n) is 2.58. The number of hydrogen-bond acceptors (Lipinski definition) is 3. The zero-order valence-electron chi connectivity index (χ0n) is 10.8. The monoisotopic (exact) mass is 234 g/mol. The van der Waals surface area contributed by atoms with E-state index in [1.165, 1.54) is 17.5 Å². The minimum absolute atomic E-state index is 0.533. The Morgan fingerprint density at radius 3 is 3.06 bits per heavy atom. The highest BCUT2D eigenvalue weighted by Gasteiger charge is 2.25. The van der Waals surface area contributed by atoms with Crippen molar-refractivity contribution in [1.29, 1.82) is 0 Å². The topological polar surface area (TPSA) is 38.5 Å². The van der Waals surface area contributed by atoms with Crippen LogP contribution in [-0.4, -0.2) is 31.7 Å². The highest BCUT2D eigenvalue weighted by molar-refractivity contribution is 5.47. The van der Waals surface area contributed by atoms with Crippen LogP contribution in [0.4, 0.5) is 5.69 Å². The maximum atomic E-state index is 5.82. The quantitative estimate of drug-likeness (QED) is 0.627. The van der Waals surface area contributed by atoms with Crippen LogP contribution in [0.1, 0.15) is 30.5 Å². The van der Waals surface area contributed by atoms with Gasteiger partial charge in [-0.05, 0) is 50.1 Å². The summed E-state index contributed by atoms with van der Waals surface area (Å²) in [5.74, 6) is 0. The van der Waals surface area contributed by atoms with Gasteiger partial charge < -0.3 is 10.5 Å². The molecule has 17 heavy (non-hydrogen) atoms. The molecule has 2 rings (SSSR count). The maximum absolute atomic E-state index is 5.82. The largest absolute Gasteiger partial charge is 0.399 e. The normalized spacial score (nSPS) is 18.6. The third-order valence-corrected chi connectivity index (χ3v) is 3.54. The summed E-state index contributed by atoms with van der Waals surface area (Å²) >= 11 is 0. The molecule has 0 radical (unpaired) electrons. The molecule has 1 aromatic rings. The van der Waals surface area contributed by atoms with Gasteiger partial charge in [-0.1, -0.05) is 6.07 Å². The van der Waals surface area contributed by atoms with E-state index in [-0.39, 0.29) is 0 Å². The first-order valence-electron chi connectivity index (χ1n) is 6.38. The van der Waals surface area contributed by atoms with Crippen molar-refractivity contribution < 1.29 is 4.74 Å². The van der Waals surface area contributed by atoms with Crippen LogP contribution in [0.3, 0.4) is 0 Å². The molecule has 1 aliphatic carbocycles. The van der Waals surface area contributed by atoms with E-state index in [2.05, 4.69) is 24.1 Å². The second-order valence-electron chi connectivity index (χ2n) is 4.69. The van der Waals surface area contributed by atoms with Crippen molar-refractivity contribution in [2.75, 3.05) is 32.5 Å². The number of anilines is 1. The predicted octanol–water partition coefficient (Wildman–Crippen LogP) is 2.22. The van der Waals surface area contributed by atoms with E-state index in [1.54, 1.807) is 0 Å².